The molecule has 5 nitrogen and oxygen atoms in total. The van der Waals surface area contributed by atoms with Crippen molar-refractivity contribution < 1.29 is 14.3 Å². The molecule has 124 valence electrons. The van der Waals surface area contributed by atoms with Crippen LogP contribution < -0.4 is 0 Å². The highest BCUT2D eigenvalue weighted by Gasteiger charge is 2.56. The van der Waals surface area contributed by atoms with Crippen molar-refractivity contribution in [2.45, 2.75) is 56.2 Å². The molecule has 0 N–H and O–H groups in total. The number of ether oxygens (including phenoxy) is 2. The third-order valence-corrected chi connectivity index (χ3v) is 6.32. The molecule has 1 atom stereocenters. The topological polar surface area (TPSA) is 42.0 Å². The van der Waals surface area contributed by atoms with E-state index in [1.807, 2.05) is 7.11 Å². The second-order valence-corrected chi connectivity index (χ2v) is 7.42. The summed E-state index contributed by atoms with van der Waals surface area (Å²) >= 11 is 0. The maximum absolute atomic E-state index is 12.2. The van der Waals surface area contributed by atoms with E-state index in [-0.39, 0.29) is 5.54 Å². The number of amides is 1. The zero-order valence-electron chi connectivity index (χ0n) is 13.6. The summed E-state index contributed by atoms with van der Waals surface area (Å²) in [6.07, 6.45) is 7.02. The van der Waals surface area contributed by atoms with E-state index >= 15 is 0 Å². The van der Waals surface area contributed by atoms with Gasteiger partial charge in [0.1, 0.15) is 0 Å². The fourth-order valence-electron chi connectivity index (χ4n) is 4.73. The molecule has 4 aliphatic rings. The highest BCUT2D eigenvalue weighted by atomic mass is 16.5. The minimum atomic E-state index is 0.209. The largest absolute Gasteiger partial charge is 0.381 e. The molecule has 3 saturated heterocycles. The Hall–Kier alpha value is -0.650. The number of rotatable bonds is 3. The lowest BCUT2D eigenvalue weighted by Gasteiger charge is -2.63. The monoisotopic (exact) mass is 308 g/mol. The van der Waals surface area contributed by atoms with Gasteiger partial charge in [-0.3, -0.25) is 9.69 Å². The Labute approximate surface area is 132 Å². The van der Waals surface area contributed by atoms with Gasteiger partial charge in [-0.2, -0.15) is 0 Å². The van der Waals surface area contributed by atoms with Gasteiger partial charge in [0.15, 0.2) is 0 Å². The lowest BCUT2D eigenvalue weighted by Crippen LogP contribution is -2.75. The molecule has 0 radical (unpaired) electrons. The van der Waals surface area contributed by atoms with Gasteiger partial charge in [-0.1, -0.05) is 0 Å². The zero-order valence-corrected chi connectivity index (χ0v) is 13.6. The Morgan fingerprint density at radius 1 is 1.14 bits per heavy atom. The Morgan fingerprint density at radius 3 is 2.41 bits per heavy atom. The van der Waals surface area contributed by atoms with Crippen molar-refractivity contribution in [3.63, 3.8) is 0 Å². The first-order chi connectivity index (χ1) is 10.7. The van der Waals surface area contributed by atoms with E-state index in [1.54, 1.807) is 0 Å². The van der Waals surface area contributed by atoms with Gasteiger partial charge in [0.25, 0.3) is 0 Å². The third kappa shape index (κ3) is 2.38. The van der Waals surface area contributed by atoms with E-state index in [0.717, 1.165) is 71.4 Å². The summed E-state index contributed by atoms with van der Waals surface area (Å²) in [5.74, 6) is 0.776. The minimum absolute atomic E-state index is 0.209. The summed E-state index contributed by atoms with van der Waals surface area (Å²) in [7, 11) is 1.84. The van der Waals surface area contributed by atoms with Crippen LogP contribution in [0.5, 0.6) is 0 Å². The molecule has 0 aromatic heterocycles. The van der Waals surface area contributed by atoms with Crippen LogP contribution in [0.3, 0.4) is 0 Å². The smallest absolute Gasteiger partial charge is 0.225 e. The number of methoxy groups -OCH3 is 1. The van der Waals surface area contributed by atoms with Crippen molar-refractivity contribution in [3.8, 4) is 0 Å². The minimum Gasteiger partial charge on any atom is -0.381 e. The van der Waals surface area contributed by atoms with Crippen LogP contribution in [0.25, 0.3) is 0 Å². The predicted molar refractivity (Wildman–Crippen MR) is 82.6 cm³/mol. The molecule has 4 rings (SSSR count). The second-order valence-electron chi connectivity index (χ2n) is 7.42. The molecule has 3 aliphatic heterocycles. The lowest BCUT2D eigenvalue weighted by molar-refractivity contribution is -0.208. The average Bonchev–Trinajstić information content (AvgIpc) is 3.40. The van der Waals surface area contributed by atoms with Gasteiger partial charge in [-0.05, 0) is 38.5 Å². The summed E-state index contributed by atoms with van der Waals surface area (Å²) in [4.78, 5) is 17.0. The SMILES string of the molecule is COC1CN(C2CCN(C(=O)C3CC3)CC2)C12CCOCC2. The van der Waals surface area contributed by atoms with Gasteiger partial charge in [0.2, 0.25) is 5.91 Å². The number of carbonyl (C=O) groups excluding carboxylic acids is 1. The van der Waals surface area contributed by atoms with Crippen molar-refractivity contribution in [2.24, 2.45) is 5.92 Å². The zero-order chi connectivity index (χ0) is 15.2. The van der Waals surface area contributed by atoms with Gasteiger partial charge in [-0.25, -0.2) is 0 Å². The van der Waals surface area contributed by atoms with Crippen LogP contribution in [0.15, 0.2) is 0 Å². The van der Waals surface area contributed by atoms with E-state index in [2.05, 4.69) is 9.80 Å². The van der Waals surface area contributed by atoms with Crippen LogP contribution >= 0.6 is 0 Å². The molecule has 1 unspecified atom stereocenters. The number of hydrogen-bond donors (Lipinski definition) is 0. The summed E-state index contributed by atoms with van der Waals surface area (Å²) in [6, 6.07) is 0.618. The van der Waals surface area contributed by atoms with E-state index in [0.29, 0.717) is 24.0 Å². The molecule has 22 heavy (non-hydrogen) atoms. The molecule has 1 saturated carbocycles. The van der Waals surface area contributed by atoms with Crippen LogP contribution in [-0.2, 0) is 14.3 Å². The van der Waals surface area contributed by atoms with Gasteiger partial charge >= 0.3 is 0 Å². The van der Waals surface area contributed by atoms with E-state index < -0.39 is 0 Å². The number of likely N-dealkylation sites (tertiary alicyclic amines) is 2. The Morgan fingerprint density at radius 2 is 1.82 bits per heavy atom. The Balaban J connectivity index is 1.37. The molecule has 1 aliphatic carbocycles. The average molecular weight is 308 g/mol. The fourth-order valence-corrected chi connectivity index (χ4v) is 4.73. The highest BCUT2D eigenvalue weighted by Crippen LogP contribution is 2.44. The first kappa shape index (κ1) is 14.9. The van der Waals surface area contributed by atoms with Crippen LogP contribution in [0.1, 0.15) is 38.5 Å². The third-order valence-electron chi connectivity index (χ3n) is 6.32. The molecule has 0 aromatic rings. The number of carbonyl (C=O) groups is 1. The quantitative estimate of drug-likeness (QED) is 0.787. The van der Waals surface area contributed by atoms with Crippen LogP contribution in [-0.4, -0.2) is 73.3 Å². The van der Waals surface area contributed by atoms with Crippen molar-refractivity contribution in [1.82, 2.24) is 9.80 Å². The highest BCUT2D eigenvalue weighted by molar-refractivity contribution is 5.81. The standard InChI is InChI=1S/C17H28N2O3/c1-21-15-12-19(17(15)6-10-22-11-7-17)14-4-8-18(9-5-14)16(20)13-2-3-13/h13-15H,2-12H2,1H3. The molecular formula is C17H28N2O3. The Kier molecular flexibility index (Phi) is 3.91. The van der Waals surface area contributed by atoms with Crippen molar-refractivity contribution in [2.75, 3.05) is 40.0 Å². The summed E-state index contributed by atoms with van der Waals surface area (Å²) in [6.45, 7) is 4.66. The van der Waals surface area contributed by atoms with Gasteiger partial charge < -0.3 is 14.4 Å². The maximum Gasteiger partial charge on any atom is 0.225 e. The molecule has 1 spiro atoms. The molecule has 5 heteroatoms. The second kappa shape index (κ2) is 5.77. The van der Waals surface area contributed by atoms with E-state index in [9.17, 15) is 4.79 Å². The van der Waals surface area contributed by atoms with Gasteiger partial charge in [0, 0.05) is 51.9 Å². The van der Waals surface area contributed by atoms with Crippen molar-refractivity contribution >= 4 is 5.91 Å². The number of piperidine rings is 1. The Bertz CT molecular complexity index is 424. The molecule has 1 amide bonds. The predicted octanol–water partition coefficient (Wildman–Crippen LogP) is 1.27. The first-order valence-electron chi connectivity index (χ1n) is 8.91. The van der Waals surface area contributed by atoms with Crippen LogP contribution in [0, 0.1) is 5.92 Å². The van der Waals surface area contributed by atoms with Crippen molar-refractivity contribution in [3.05, 3.63) is 0 Å². The summed E-state index contributed by atoms with van der Waals surface area (Å²) < 4.78 is 11.3. The molecule has 0 aromatic carbocycles. The van der Waals surface area contributed by atoms with Gasteiger partial charge in [0.05, 0.1) is 11.6 Å². The summed E-state index contributed by atoms with van der Waals surface area (Å²) in [5, 5.41) is 0. The van der Waals surface area contributed by atoms with E-state index in [1.165, 1.54) is 0 Å². The maximum atomic E-state index is 12.2. The van der Waals surface area contributed by atoms with E-state index in [4.69, 9.17) is 9.47 Å². The normalized spacial score (nSPS) is 33.0. The van der Waals surface area contributed by atoms with Crippen molar-refractivity contribution in [1.29, 1.82) is 0 Å². The van der Waals surface area contributed by atoms with Crippen LogP contribution in [0.4, 0.5) is 0 Å². The first-order valence-corrected chi connectivity index (χ1v) is 8.91. The molecule has 0 bridgehead atoms. The lowest BCUT2D eigenvalue weighted by atomic mass is 9.73. The molecule has 3 heterocycles. The van der Waals surface area contributed by atoms with Gasteiger partial charge in [-0.15, -0.1) is 0 Å². The van der Waals surface area contributed by atoms with Crippen LogP contribution in [0.2, 0.25) is 0 Å². The fraction of sp³-hybridized carbons (Fsp3) is 0.941. The summed E-state index contributed by atoms with van der Waals surface area (Å²) in [5.41, 5.74) is 0.209. The number of nitrogens with zero attached hydrogens (tertiary/aromatic N) is 2. The number of hydrogen-bond acceptors (Lipinski definition) is 4. The molecule has 4 fully saturated rings. The molecular weight excluding hydrogens is 280 g/mol.